The van der Waals surface area contributed by atoms with Gasteiger partial charge in [0.05, 0.1) is 11.3 Å². The van der Waals surface area contributed by atoms with Crippen LogP contribution in [0.3, 0.4) is 0 Å². The maximum Gasteiger partial charge on any atom is 0.267 e. The minimum absolute atomic E-state index is 0.00458. The first kappa shape index (κ1) is 23.8. The predicted molar refractivity (Wildman–Crippen MR) is 124 cm³/mol. The number of rotatable bonds is 5. The molecule has 3 aromatic rings. The van der Waals surface area contributed by atoms with Crippen LogP contribution >= 0.6 is 0 Å². The zero-order chi connectivity index (χ0) is 25.7. The first-order valence-electron chi connectivity index (χ1n) is 11.0. The molecular formula is C24H19F3N4O4S. The van der Waals surface area contributed by atoms with Gasteiger partial charge in [-0.25, -0.2) is 31.6 Å². The van der Waals surface area contributed by atoms with E-state index >= 15 is 4.39 Å². The summed E-state index contributed by atoms with van der Waals surface area (Å²) >= 11 is 0. The molecule has 1 aliphatic carbocycles. The second-order valence-corrected chi connectivity index (χ2v) is 10.1. The van der Waals surface area contributed by atoms with Gasteiger partial charge >= 0.3 is 0 Å². The van der Waals surface area contributed by atoms with Gasteiger partial charge in [0.1, 0.15) is 17.3 Å². The van der Waals surface area contributed by atoms with Crippen LogP contribution < -0.4 is 10.5 Å². The molecule has 1 saturated carbocycles. The fourth-order valence-corrected chi connectivity index (χ4v) is 5.76. The number of carbonyl (C=O) groups excluding carboxylic acids is 1. The highest BCUT2D eigenvalue weighted by atomic mass is 32.2. The average molecular weight is 517 g/mol. The molecule has 0 amide bonds. The van der Waals surface area contributed by atoms with Crippen molar-refractivity contribution in [3.63, 3.8) is 0 Å². The van der Waals surface area contributed by atoms with E-state index in [4.69, 9.17) is 10.5 Å². The van der Waals surface area contributed by atoms with E-state index in [2.05, 4.69) is 9.97 Å². The van der Waals surface area contributed by atoms with E-state index in [1.165, 1.54) is 24.4 Å². The number of anilines is 2. The SMILES string of the molecule is Nc1nccc(C2=C(c3cccc(NS(=O)(=O)c4c(F)cccc4F)c3F)C(=O)C3(CCCC3)O2)n1. The number of sulfonamides is 1. The Kier molecular flexibility index (Phi) is 5.70. The highest BCUT2D eigenvalue weighted by Crippen LogP contribution is 2.49. The second-order valence-electron chi connectivity index (χ2n) is 8.46. The Bertz CT molecular complexity index is 1520. The van der Waals surface area contributed by atoms with E-state index in [1.54, 1.807) is 0 Å². The van der Waals surface area contributed by atoms with Crippen molar-refractivity contribution in [2.24, 2.45) is 0 Å². The van der Waals surface area contributed by atoms with Crippen molar-refractivity contribution in [3.05, 3.63) is 77.4 Å². The molecular weight excluding hydrogens is 497 g/mol. The normalized spacial score (nSPS) is 17.0. The highest BCUT2D eigenvalue weighted by Gasteiger charge is 2.52. The number of nitrogens with one attached hydrogen (secondary N) is 1. The zero-order valence-electron chi connectivity index (χ0n) is 18.6. The van der Waals surface area contributed by atoms with Crippen LogP contribution in [0.25, 0.3) is 11.3 Å². The van der Waals surface area contributed by atoms with Crippen molar-refractivity contribution in [2.45, 2.75) is 36.2 Å². The van der Waals surface area contributed by atoms with Crippen molar-refractivity contribution in [1.82, 2.24) is 9.97 Å². The van der Waals surface area contributed by atoms with Gasteiger partial charge in [0.15, 0.2) is 22.1 Å². The third-order valence-electron chi connectivity index (χ3n) is 6.18. The Morgan fingerprint density at radius 1 is 1.00 bits per heavy atom. The van der Waals surface area contributed by atoms with Gasteiger partial charge in [0.25, 0.3) is 10.0 Å². The van der Waals surface area contributed by atoms with Crippen LogP contribution in [0.1, 0.15) is 36.9 Å². The summed E-state index contributed by atoms with van der Waals surface area (Å²) in [5.41, 5.74) is 3.66. The number of hydrogen-bond donors (Lipinski definition) is 2. The molecule has 8 nitrogen and oxygen atoms in total. The van der Waals surface area contributed by atoms with E-state index in [0.29, 0.717) is 12.8 Å². The van der Waals surface area contributed by atoms with Gasteiger partial charge in [0, 0.05) is 11.8 Å². The van der Waals surface area contributed by atoms with Crippen LogP contribution in [0.4, 0.5) is 24.8 Å². The number of hydrogen-bond acceptors (Lipinski definition) is 7. The number of carbonyl (C=O) groups is 1. The van der Waals surface area contributed by atoms with Gasteiger partial charge in [0.2, 0.25) is 11.7 Å². The van der Waals surface area contributed by atoms with Crippen molar-refractivity contribution in [1.29, 1.82) is 0 Å². The fraction of sp³-hybridized carbons (Fsp3) is 0.208. The van der Waals surface area contributed by atoms with Crippen LogP contribution in [0.15, 0.2) is 53.6 Å². The summed E-state index contributed by atoms with van der Waals surface area (Å²) in [7, 11) is -4.85. The summed E-state index contributed by atoms with van der Waals surface area (Å²) < 4.78 is 77.5. The Hall–Kier alpha value is -3.93. The van der Waals surface area contributed by atoms with E-state index in [-0.39, 0.29) is 28.5 Å². The molecule has 3 N–H and O–H groups in total. The molecule has 0 bridgehead atoms. The molecule has 1 spiro atoms. The molecule has 0 atom stereocenters. The number of nitrogens with zero attached hydrogens (tertiary/aromatic N) is 2. The van der Waals surface area contributed by atoms with Crippen LogP contribution in [-0.2, 0) is 19.6 Å². The Morgan fingerprint density at radius 3 is 2.33 bits per heavy atom. The lowest BCUT2D eigenvalue weighted by Crippen LogP contribution is -2.33. The fourth-order valence-electron chi connectivity index (χ4n) is 4.56. The third kappa shape index (κ3) is 3.87. The summed E-state index contributed by atoms with van der Waals surface area (Å²) in [4.78, 5) is 20.3. The van der Waals surface area contributed by atoms with Crippen molar-refractivity contribution < 1.29 is 31.1 Å². The maximum atomic E-state index is 15.8. The van der Waals surface area contributed by atoms with Gasteiger partial charge in [-0.05, 0) is 49.9 Å². The van der Waals surface area contributed by atoms with Crippen LogP contribution in [0.2, 0.25) is 0 Å². The van der Waals surface area contributed by atoms with Crippen molar-refractivity contribution in [3.8, 4) is 0 Å². The number of ketones is 1. The van der Waals surface area contributed by atoms with E-state index < -0.39 is 49.4 Å². The van der Waals surface area contributed by atoms with Gasteiger partial charge in [-0.1, -0.05) is 18.2 Å². The second kappa shape index (κ2) is 8.63. The molecule has 2 heterocycles. The van der Waals surface area contributed by atoms with Gasteiger partial charge in [-0.2, -0.15) is 0 Å². The molecule has 12 heteroatoms. The molecule has 1 aliphatic heterocycles. The molecule has 5 rings (SSSR count). The molecule has 0 radical (unpaired) electrons. The van der Waals surface area contributed by atoms with Crippen LogP contribution in [-0.4, -0.2) is 29.8 Å². The van der Waals surface area contributed by atoms with E-state index in [9.17, 15) is 22.0 Å². The molecule has 2 aromatic carbocycles. The third-order valence-corrected chi connectivity index (χ3v) is 7.60. The smallest absolute Gasteiger partial charge is 0.267 e. The number of nitrogens with two attached hydrogens (primary N) is 1. The summed E-state index contributed by atoms with van der Waals surface area (Å²) in [6, 6.07) is 7.66. The first-order chi connectivity index (χ1) is 17.1. The number of ether oxygens (including phenoxy) is 1. The average Bonchev–Trinajstić information content (AvgIpc) is 3.40. The lowest BCUT2D eigenvalue weighted by Gasteiger charge is -2.22. The predicted octanol–water partition coefficient (Wildman–Crippen LogP) is 4.06. The summed E-state index contributed by atoms with van der Waals surface area (Å²) in [6.07, 6.45) is 3.66. The number of nitrogen functional groups attached to an aromatic ring is 1. The lowest BCUT2D eigenvalue weighted by atomic mass is 9.89. The summed E-state index contributed by atoms with van der Waals surface area (Å²) in [5.74, 6) is -4.36. The number of Topliss-reactive ketones (excluding diaryl/α,β-unsaturated/α-hetero) is 1. The monoisotopic (exact) mass is 516 g/mol. The number of halogens is 3. The molecule has 1 fully saturated rings. The molecule has 0 saturated heterocycles. The molecule has 1 aromatic heterocycles. The number of benzene rings is 2. The van der Waals surface area contributed by atoms with Gasteiger partial charge in [-0.15, -0.1) is 0 Å². The largest absolute Gasteiger partial charge is 0.476 e. The molecule has 36 heavy (non-hydrogen) atoms. The molecule has 186 valence electrons. The minimum Gasteiger partial charge on any atom is -0.476 e. The Balaban J connectivity index is 1.63. The first-order valence-corrected chi connectivity index (χ1v) is 12.4. The van der Waals surface area contributed by atoms with Gasteiger partial charge < -0.3 is 10.5 Å². The summed E-state index contributed by atoms with van der Waals surface area (Å²) in [5, 5.41) is 0. The van der Waals surface area contributed by atoms with Crippen molar-refractivity contribution in [2.75, 3.05) is 10.5 Å². The standard InChI is InChI=1S/C24H19F3N4O4S/c25-14-6-4-7-15(26)21(14)36(33,34)31-16-8-3-5-13(19(16)27)18-20(17-9-12-29-23(28)30-17)35-24(22(18)32)10-1-2-11-24/h3-9,12,31H,1-2,10-11H2,(H2,28,29,30). The Morgan fingerprint density at radius 2 is 1.67 bits per heavy atom. The molecule has 0 unspecified atom stereocenters. The minimum atomic E-state index is -4.85. The summed E-state index contributed by atoms with van der Waals surface area (Å²) in [6.45, 7) is 0. The topological polar surface area (TPSA) is 124 Å². The van der Waals surface area contributed by atoms with E-state index in [1.807, 2.05) is 4.72 Å². The Labute approximate surface area is 204 Å². The van der Waals surface area contributed by atoms with E-state index in [0.717, 1.165) is 37.1 Å². The van der Waals surface area contributed by atoms with Crippen molar-refractivity contribution >= 4 is 38.8 Å². The van der Waals surface area contributed by atoms with Crippen LogP contribution in [0.5, 0.6) is 0 Å². The highest BCUT2D eigenvalue weighted by molar-refractivity contribution is 7.92. The zero-order valence-corrected chi connectivity index (χ0v) is 19.4. The quantitative estimate of drug-likeness (QED) is 0.524. The maximum absolute atomic E-state index is 15.8. The van der Waals surface area contributed by atoms with Crippen LogP contribution in [0, 0.1) is 17.5 Å². The van der Waals surface area contributed by atoms with Gasteiger partial charge in [-0.3, -0.25) is 9.52 Å². The number of aromatic nitrogens is 2. The lowest BCUT2D eigenvalue weighted by molar-refractivity contribution is -0.127. The molecule has 2 aliphatic rings.